The average Bonchev–Trinajstić information content (AvgIpc) is 3.12. The Bertz CT molecular complexity index is 1020. The molecule has 2 aromatic carbocycles. The van der Waals surface area contributed by atoms with Crippen LogP contribution in [0.1, 0.15) is 42.8 Å². The molecule has 4 rings (SSSR count). The molecule has 0 unspecified atom stereocenters. The van der Waals surface area contributed by atoms with Gasteiger partial charge in [0.15, 0.2) is 0 Å². The molecule has 174 valence electrons. The molecule has 9 nitrogen and oxygen atoms in total. The molecule has 0 aromatic heterocycles. The zero-order chi connectivity index (χ0) is 23.4. The van der Waals surface area contributed by atoms with Crippen molar-refractivity contribution in [2.75, 3.05) is 58.9 Å². The van der Waals surface area contributed by atoms with Gasteiger partial charge in [-0.05, 0) is 24.3 Å². The Morgan fingerprint density at radius 2 is 1.64 bits per heavy atom. The molecule has 0 bridgehead atoms. The molecule has 2 aliphatic rings. The highest BCUT2D eigenvalue weighted by molar-refractivity contribution is 6.00. The van der Waals surface area contributed by atoms with Gasteiger partial charge in [-0.15, -0.1) is 0 Å². The summed E-state index contributed by atoms with van der Waals surface area (Å²) in [6.07, 6.45) is -0.451. The van der Waals surface area contributed by atoms with E-state index in [1.165, 1.54) is 20.3 Å². The molecule has 2 aliphatic heterocycles. The quantitative estimate of drug-likeness (QED) is 0.637. The highest BCUT2D eigenvalue weighted by atomic mass is 16.5. The molecule has 1 atom stereocenters. The lowest BCUT2D eigenvalue weighted by molar-refractivity contribution is 0.0314. The molecule has 1 fully saturated rings. The highest BCUT2D eigenvalue weighted by Crippen LogP contribution is 2.34. The van der Waals surface area contributed by atoms with Crippen LogP contribution in [0.5, 0.6) is 0 Å². The van der Waals surface area contributed by atoms with Crippen molar-refractivity contribution in [3.63, 3.8) is 0 Å². The minimum atomic E-state index is -0.573. The number of carbonyl (C=O) groups is 3. The Morgan fingerprint density at radius 3 is 2.27 bits per heavy atom. The maximum Gasteiger partial charge on any atom is 0.337 e. The predicted molar refractivity (Wildman–Crippen MR) is 120 cm³/mol. The molecule has 0 saturated carbocycles. The molecule has 1 amide bonds. The number of methoxy groups -OCH3 is 2. The van der Waals surface area contributed by atoms with E-state index in [0.717, 1.165) is 25.2 Å². The van der Waals surface area contributed by atoms with Crippen molar-refractivity contribution >= 4 is 23.5 Å². The van der Waals surface area contributed by atoms with Crippen LogP contribution in [-0.4, -0.2) is 81.3 Å². The number of nitrogens with zero attached hydrogens (tertiary/aromatic N) is 2. The zero-order valence-corrected chi connectivity index (χ0v) is 18.7. The van der Waals surface area contributed by atoms with E-state index >= 15 is 0 Å². The third kappa shape index (κ3) is 4.84. The van der Waals surface area contributed by atoms with Gasteiger partial charge in [-0.2, -0.15) is 0 Å². The van der Waals surface area contributed by atoms with Crippen LogP contribution in [-0.2, 0) is 14.2 Å². The number of amides is 1. The summed E-state index contributed by atoms with van der Waals surface area (Å²) < 4.78 is 15.1. The first-order chi connectivity index (χ1) is 16.0. The molecule has 33 heavy (non-hydrogen) atoms. The highest BCUT2D eigenvalue weighted by Gasteiger charge is 2.36. The van der Waals surface area contributed by atoms with Gasteiger partial charge in [-0.3, -0.25) is 9.69 Å². The van der Waals surface area contributed by atoms with Crippen LogP contribution < -0.4 is 5.32 Å². The van der Waals surface area contributed by atoms with Gasteiger partial charge >= 0.3 is 11.9 Å². The summed E-state index contributed by atoms with van der Waals surface area (Å²) in [4.78, 5) is 41.6. The third-order valence-electron chi connectivity index (χ3n) is 5.90. The van der Waals surface area contributed by atoms with E-state index in [-0.39, 0.29) is 17.0 Å². The second-order valence-corrected chi connectivity index (χ2v) is 7.87. The Hall–Kier alpha value is -3.43. The molecular weight excluding hydrogens is 426 g/mol. The molecule has 1 N–H and O–H groups in total. The van der Waals surface area contributed by atoms with E-state index in [4.69, 9.17) is 14.2 Å². The van der Waals surface area contributed by atoms with Crippen molar-refractivity contribution < 1.29 is 28.6 Å². The number of carbonyl (C=O) groups excluding carboxylic acids is 3. The Balaban J connectivity index is 1.63. The number of anilines is 1. The summed E-state index contributed by atoms with van der Waals surface area (Å²) in [7, 11) is 2.55. The Labute approximate surface area is 192 Å². The molecule has 0 spiro atoms. The van der Waals surface area contributed by atoms with Gasteiger partial charge in [0, 0.05) is 43.0 Å². The summed E-state index contributed by atoms with van der Waals surface area (Å²) in [6.45, 7) is 4.27. The number of rotatable bonds is 7. The summed E-state index contributed by atoms with van der Waals surface area (Å²) in [5, 5.41) is 3.35. The number of fused-ring (bicyclic) bond motifs is 1. The molecule has 0 radical (unpaired) electrons. The predicted octanol–water partition coefficient (Wildman–Crippen LogP) is 2.16. The fourth-order valence-electron chi connectivity index (χ4n) is 4.17. The largest absolute Gasteiger partial charge is 0.465 e. The van der Waals surface area contributed by atoms with Crippen LogP contribution in [0.15, 0.2) is 42.5 Å². The second-order valence-electron chi connectivity index (χ2n) is 7.87. The van der Waals surface area contributed by atoms with Crippen molar-refractivity contribution in [2.45, 2.75) is 6.17 Å². The van der Waals surface area contributed by atoms with Crippen LogP contribution in [0, 0.1) is 0 Å². The molecular formula is C24H27N3O6. The van der Waals surface area contributed by atoms with Crippen molar-refractivity contribution in [3.05, 3.63) is 64.7 Å². The number of morpholine rings is 1. The number of nitrogens with one attached hydrogen (secondary N) is 1. The number of ether oxygens (including phenoxy) is 3. The lowest BCUT2D eigenvalue weighted by Crippen LogP contribution is -2.43. The van der Waals surface area contributed by atoms with Crippen molar-refractivity contribution in [2.24, 2.45) is 0 Å². The summed E-state index contributed by atoms with van der Waals surface area (Å²) in [5.41, 5.74) is 2.40. The summed E-state index contributed by atoms with van der Waals surface area (Å²) >= 11 is 0. The Morgan fingerprint density at radius 1 is 1.00 bits per heavy atom. The number of hydrogen-bond donors (Lipinski definition) is 1. The van der Waals surface area contributed by atoms with Gasteiger partial charge in [0.1, 0.15) is 6.17 Å². The topological polar surface area (TPSA) is 97.4 Å². The lowest BCUT2D eigenvalue weighted by Gasteiger charge is -2.32. The summed E-state index contributed by atoms with van der Waals surface area (Å²) in [5.74, 6) is -1.21. The van der Waals surface area contributed by atoms with Gasteiger partial charge in [0.05, 0.1) is 38.6 Å². The second kappa shape index (κ2) is 10.0. The number of esters is 2. The normalized spacial score (nSPS) is 18.1. The Kier molecular flexibility index (Phi) is 6.90. The smallest absolute Gasteiger partial charge is 0.337 e. The van der Waals surface area contributed by atoms with Crippen molar-refractivity contribution in [1.82, 2.24) is 9.80 Å². The molecule has 0 aliphatic carbocycles. The van der Waals surface area contributed by atoms with E-state index in [0.29, 0.717) is 31.0 Å². The van der Waals surface area contributed by atoms with Crippen LogP contribution in [0.2, 0.25) is 0 Å². The fourth-order valence-corrected chi connectivity index (χ4v) is 4.17. The molecule has 2 heterocycles. The van der Waals surface area contributed by atoms with E-state index in [1.807, 2.05) is 24.3 Å². The van der Waals surface area contributed by atoms with Crippen LogP contribution in [0.4, 0.5) is 5.69 Å². The van der Waals surface area contributed by atoms with E-state index < -0.39 is 18.1 Å². The van der Waals surface area contributed by atoms with E-state index in [9.17, 15) is 14.4 Å². The number of hydrogen-bond acceptors (Lipinski definition) is 8. The van der Waals surface area contributed by atoms with Crippen molar-refractivity contribution in [1.29, 1.82) is 0 Å². The van der Waals surface area contributed by atoms with Crippen LogP contribution in [0.25, 0.3) is 0 Å². The van der Waals surface area contributed by atoms with Crippen LogP contribution in [0.3, 0.4) is 0 Å². The average molecular weight is 453 g/mol. The SMILES string of the molecule is COC(=O)c1cc(N[C@H]2c3ccccc3C(=O)N2CCN2CCOCC2)cc(C(=O)OC)c1. The minimum absolute atomic E-state index is 0.0614. The monoisotopic (exact) mass is 453 g/mol. The number of benzene rings is 2. The van der Waals surface area contributed by atoms with Crippen molar-refractivity contribution in [3.8, 4) is 0 Å². The van der Waals surface area contributed by atoms with Gasteiger partial charge in [0.2, 0.25) is 0 Å². The minimum Gasteiger partial charge on any atom is -0.465 e. The fraction of sp³-hybridized carbons (Fsp3) is 0.375. The third-order valence-corrected chi connectivity index (χ3v) is 5.90. The first kappa shape index (κ1) is 22.8. The molecule has 9 heteroatoms. The molecule has 2 aromatic rings. The van der Waals surface area contributed by atoms with Gasteiger partial charge < -0.3 is 24.4 Å². The standard InChI is InChI=1S/C24H27N3O6/c1-31-23(29)16-13-17(24(30)32-2)15-18(14-16)25-21-19-5-3-4-6-20(19)22(28)27(21)8-7-26-9-11-33-12-10-26/h3-6,13-15,21,25H,7-12H2,1-2H3/t21-/m1/s1. The maximum atomic E-state index is 13.2. The van der Waals surface area contributed by atoms with E-state index in [1.54, 1.807) is 17.0 Å². The maximum absolute atomic E-state index is 13.2. The first-order valence-electron chi connectivity index (χ1n) is 10.8. The molecule has 1 saturated heterocycles. The first-order valence-corrected chi connectivity index (χ1v) is 10.8. The van der Waals surface area contributed by atoms with Crippen LogP contribution >= 0.6 is 0 Å². The lowest BCUT2D eigenvalue weighted by atomic mass is 10.1. The van der Waals surface area contributed by atoms with Gasteiger partial charge in [-0.25, -0.2) is 9.59 Å². The van der Waals surface area contributed by atoms with E-state index in [2.05, 4.69) is 10.2 Å². The summed E-state index contributed by atoms with van der Waals surface area (Å²) in [6, 6.07) is 12.1. The van der Waals surface area contributed by atoms with Gasteiger partial charge in [0.25, 0.3) is 5.91 Å². The van der Waals surface area contributed by atoms with Gasteiger partial charge in [-0.1, -0.05) is 18.2 Å². The zero-order valence-electron chi connectivity index (χ0n) is 18.7.